The SMILES string of the molecule is C=C(OCC)c1cc(CO)cc2cc(C(=O)OC)oc12.C=[C](OCC)[Sn]([CH2]CCC)([CH2]CCC)[CH2]CCC.COC(=O)c1cc2cc(CO)cc(Br)c2o1. The summed E-state index contributed by atoms with van der Waals surface area (Å²) in [5, 5.41) is 19.8. The van der Waals surface area contributed by atoms with Crippen LogP contribution in [0.2, 0.25) is 13.3 Å². The summed E-state index contributed by atoms with van der Waals surface area (Å²) in [5.41, 5.74) is 3.10. The predicted molar refractivity (Wildman–Crippen MR) is 221 cm³/mol. The molecule has 0 aliphatic carbocycles. The molecular weight excluding hydrogens is 863 g/mol. The average molecular weight is 923 g/mol. The number of rotatable bonds is 19. The molecule has 4 aromatic rings. The maximum Gasteiger partial charge on any atom is 0.373 e. The summed E-state index contributed by atoms with van der Waals surface area (Å²) in [6.45, 7) is 20.1. The first kappa shape index (κ1) is 46.9. The minimum absolute atomic E-state index is 0.0622. The number of unbranched alkanes of at least 4 members (excludes halogenated alkanes) is 3. The van der Waals surface area contributed by atoms with Crippen molar-refractivity contribution in [3.8, 4) is 0 Å². The standard InChI is InChI=1S/C15H16O5.C11H9BrO4.C4H7O.3C4H9.Sn/c1-4-19-9(2)12-6-10(8-16)5-11-7-13(15(17)18-3)20-14(11)12;1-15-11(14)9-4-7-2-6(5-13)3-8(12)10(7)16-9;1-3-5-4-2;3*1-3-4-2;/h5-7,16H,2,4,8H2,1,3H3;2-4,13H,5H2,1H3;1,4H2,2H3;3*1,3-4H2,2H3;. The minimum atomic E-state index is -2.24. The quantitative estimate of drug-likeness (QED) is 0.0531. The molecule has 0 aliphatic rings. The Morgan fingerprint density at radius 1 is 0.685 bits per heavy atom. The Morgan fingerprint density at radius 3 is 1.56 bits per heavy atom. The van der Waals surface area contributed by atoms with Gasteiger partial charge in [0.05, 0.1) is 44.1 Å². The van der Waals surface area contributed by atoms with Gasteiger partial charge in [-0.25, -0.2) is 9.59 Å². The fourth-order valence-electron chi connectivity index (χ4n) is 6.09. The van der Waals surface area contributed by atoms with Gasteiger partial charge in [-0.3, -0.25) is 0 Å². The van der Waals surface area contributed by atoms with E-state index in [9.17, 15) is 14.7 Å². The Hall–Kier alpha value is -3.26. The molecule has 0 bridgehead atoms. The van der Waals surface area contributed by atoms with E-state index >= 15 is 0 Å². The first-order valence-electron chi connectivity index (χ1n) is 18.7. The summed E-state index contributed by atoms with van der Waals surface area (Å²) in [4.78, 5) is 22.8. The number of halogens is 1. The van der Waals surface area contributed by atoms with Crippen LogP contribution in [0.5, 0.6) is 0 Å². The van der Waals surface area contributed by atoms with Gasteiger partial charge in [-0.15, -0.1) is 0 Å². The number of benzene rings is 2. The molecule has 10 nitrogen and oxygen atoms in total. The van der Waals surface area contributed by atoms with Crippen molar-refractivity contribution in [3.63, 3.8) is 0 Å². The average Bonchev–Trinajstić information content (AvgIpc) is 3.83. The van der Waals surface area contributed by atoms with Crippen molar-refractivity contribution in [3.05, 3.63) is 86.0 Å². The van der Waals surface area contributed by atoms with Crippen LogP contribution in [0.3, 0.4) is 0 Å². The second-order valence-electron chi connectivity index (χ2n) is 12.9. The summed E-state index contributed by atoms with van der Waals surface area (Å²) in [7, 11) is 2.58. The number of esters is 2. The molecule has 0 aliphatic heterocycles. The van der Waals surface area contributed by atoms with Crippen LogP contribution in [0.15, 0.2) is 66.6 Å². The Balaban J connectivity index is 0.000000282. The zero-order chi connectivity index (χ0) is 40.3. The number of ether oxygens (including phenoxy) is 4. The maximum absolute atomic E-state index is 11.5. The van der Waals surface area contributed by atoms with Gasteiger partial charge >= 0.3 is 132 Å². The van der Waals surface area contributed by atoms with Crippen LogP contribution in [0.25, 0.3) is 27.7 Å². The van der Waals surface area contributed by atoms with Gasteiger partial charge in [0.2, 0.25) is 11.5 Å². The Morgan fingerprint density at radius 2 is 1.13 bits per heavy atom. The second kappa shape index (κ2) is 24.3. The minimum Gasteiger partial charge on any atom is -0.463 e. The zero-order valence-corrected chi connectivity index (χ0v) is 37.5. The van der Waals surface area contributed by atoms with Crippen molar-refractivity contribution in [2.24, 2.45) is 0 Å². The van der Waals surface area contributed by atoms with E-state index in [0.29, 0.717) is 44.5 Å². The van der Waals surface area contributed by atoms with Crippen LogP contribution in [-0.2, 0) is 32.2 Å². The Kier molecular flexibility index (Phi) is 21.1. The summed E-state index contributed by atoms with van der Waals surface area (Å²) < 4.78 is 37.7. The molecule has 0 saturated heterocycles. The number of aliphatic hydroxyl groups is 2. The smallest absolute Gasteiger partial charge is 0.373 e. The molecule has 2 heterocycles. The molecule has 2 N–H and O–H groups in total. The van der Waals surface area contributed by atoms with Crippen molar-refractivity contribution in [1.29, 1.82) is 0 Å². The van der Waals surface area contributed by atoms with Gasteiger partial charge in [-0.05, 0) is 70.4 Å². The number of methoxy groups -OCH3 is 2. The largest absolute Gasteiger partial charge is 0.463 e. The van der Waals surface area contributed by atoms with Crippen molar-refractivity contribution in [1.82, 2.24) is 0 Å². The van der Waals surface area contributed by atoms with E-state index < -0.39 is 30.3 Å². The van der Waals surface area contributed by atoms with Crippen molar-refractivity contribution < 1.29 is 47.6 Å². The monoisotopic (exact) mass is 922 g/mol. The van der Waals surface area contributed by atoms with E-state index in [1.165, 1.54) is 69.8 Å². The number of carbonyl (C=O) groups excluding carboxylic acids is 2. The van der Waals surface area contributed by atoms with Crippen LogP contribution in [0, 0.1) is 0 Å². The number of hydrogen-bond donors (Lipinski definition) is 2. The molecule has 0 fully saturated rings. The molecule has 0 unspecified atom stereocenters. The molecule has 12 heteroatoms. The van der Waals surface area contributed by atoms with Gasteiger partial charge < -0.3 is 33.3 Å². The third-order valence-electron chi connectivity index (χ3n) is 9.00. The molecule has 2 aromatic carbocycles. The van der Waals surface area contributed by atoms with Gasteiger partial charge in [0, 0.05) is 10.8 Å². The van der Waals surface area contributed by atoms with Crippen LogP contribution in [0.4, 0.5) is 0 Å². The van der Waals surface area contributed by atoms with E-state index in [0.717, 1.165) is 17.6 Å². The van der Waals surface area contributed by atoms with Crippen LogP contribution < -0.4 is 0 Å². The Labute approximate surface area is 332 Å². The van der Waals surface area contributed by atoms with E-state index in [2.05, 4.69) is 66.3 Å². The number of aliphatic hydroxyl groups excluding tert-OH is 2. The van der Waals surface area contributed by atoms with Crippen LogP contribution >= 0.6 is 15.9 Å². The summed E-state index contributed by atoms with van der Waals surface area (Å²) >= 11 is 1.07. The maximum atomic E-state index is 11.5. The fourth-order valence-corrected chi connectivity index (χ4v) is 21.3. The van der Waals surface area contributed by atoms with Crippen LogP contribution in [-0.4, -0.2) is 68.0 Å². The van der Waals surface area contributed by atoms with Crippen LogP contribution in [0.1, 0.15) is 111 Å². The molecule has 0 amide bonds. The first-order valence-corrected chi connectivity index (χ1v) is 27.0. The number of carbonyl (C=O) groups is 2. The van der Waals surface area contributed by atoms with E-state index in [-0.39, 0.29) is 24.7 Å². The van der Waals surface area contributed by atoms with E-state index in [4.69, 9.17) is 23.4 Å². The first-order chi connectivity index (χ1) is 25.9. The number of fused-ring (bicyclic) bond motifs is 2. The van der Waals surface area contributed by atoms with E-state index in [1.807, 2.05) is 6.92 Å². The van der Waals surface area contributed by atoms with Crippen molar-refractivity contribution in [2.75, 3.05) is 27.4 Å². The van der Waals surface area contributed by atoms with Gasteiger partial charge in [-0.2, -0.15) is 0 Å². The normalized spacial score (nSPS) is 10.9. The summed E-state index contributed by atoms with van der Waals surface area (Å²) in [6.07, 6.45) is 8.10. The van der Waals surface area contributed by atoms with Gasteiger partial charge in [0.25, 0.3) is 0 Å². The molecule has 4 rings (SSSR count). The molecule has 0 saturated carbocycles. The summed E-state index contributed by atoms with van der Waals surface area (Å²) in [5.74, 6) is -0.400. The topological polar surface area (TPSA) is 138 Å². The van der Waals surface area contributed by atoms with Gasteiger partial charge in [-0.1, -0.05) is 6.58 Å². The molecule has 0 atom stereocenters. The van der Waals surface area contributed by atoms with Crippen molar-refractivity contribution >= 4 is 73.9 Å². The third kappa shape index (κ3) is 13.2. The third-order valence-corrected chi connectivity index (χ3v) is 24.6. The molecule has 298 valence electrons. The fraction of sp³-hybridized carbons (Fsp3) is 0.476. The molecule has 2 aromatic heterocycles. The van der Waals surface area contributed by atoms with Crippen molar-refractivity contribution in [2.45, 2.75) is 99.7 Å². The summed E-state index contributed by atoms with van der Waals surface area (Å²) in [6, 6.07) is 10.1. The zero-order valence-electron chi connectivity index (χ0n) is 33.1. The predicted octanol–water partition coefficient (Wildman–Crippen LogP) is 11.1. The molecular formula is C42H59BrO10Sn. The molecule has 0 spiro atoms. The molecule has 54 heavy (non-hydrogen) atoms. The second-order valence-corrected chi connectivity index (χ2v) is 26.9. The molecule has 0 radical (unpaired) electrons. The Bertz CT molecular complexity index is 1790. The number of furan rings is 2. The van der Waals surface area contributed by atoms with Gasteiger partial charge in [0.15, 0.2) is 0 Å². The van der Waals surface area contributed by atoms with E-state index in [1.54, 1.807) is 36.4 Å². The van der Waals surface area contributed by atoms with Gasteiger partial charge in [0.1, 0.15) is 16.9 Å². The number of hydrogen-bond acceptors (Lipinski definition) is 10.